The molecule has 0 aliphatic heterocycles. The second-order valence-corrected chi connectivity index (χ2v) is 2.44. The highest BCUT2D eigenvalue weighted by atomic mass is 14.5. The highest BCUT2D eigenvalue weighted by molar-refractivity contribution is 5.22. The Kier molecular flexibility index (Phi) is 4.95. The van der Waals surface area contributed by atoms with Crippen molar-refractivity contribution in [2.75, 3.05) is 6.54 Å². The molecule has 0 aliphatic rings. The molecule has 0 saturated heterocycles. The van der Waals surface area contributed by atoms with E-state index in [1.165, 1.54) is 11.1 Å². The van der Waals surface area contributed by atoms with Crippen LogP contribution in [0.4, 0.5) is 0 Å². The van der Waals surface area contributed by atoms with E-state index in [-0.39, 0.29) is 0 Å². The van der Waals surface area contributed by atoms with Crippen molar-refractivity contribution in [1.29, 1.82) is 0 Å². The van der Waals surface area contributed by atoms with Gasteiger partial charge in [-0.25, -0.2) is 0 Å². The molecule has 0 aromatic heterocycles. The third kappa shape index (κ3) is 2.83. The molecule has 2 N–H and O–H groups in total. The molecular weight excluding hydrogens is 122 g/mol. The van der Waals surface area contributed by atoms with Crippen LogP contribution >= 0.6 is 0 Å². The van der Waals surface area contributed by atoms with Crippen molar-refractivity contribution in [3.8, 4) is 0 Å². The van der Waals surface area contributed by atoms with Crippen molar-refractivity contribution in [1.82, 2.24) is 0 Å². The summed E-state index contributed by atoms with van der Waals surface area (Å²) in [5.41, 5.74) is 8.10. The predicted molar refractivity (Wildman–Crippen MR) is 46.9 cm³/mol. The molecular formula is C9H17N. The first-order valence-corrected chi connectivity index (χ1v) is 3.77. The Labute approximate surface area is 63.6 Å². The van der Waals surface area contributed by atoms with E-state index >= 15 is 0 Å². The van der Waals surface area contributed by atoms with Crippen LogP contribution in [0.15, 0.2) is 23.8 Å². The summed E-state index contributed by atoms with van der Waals surface area (Å²) in [6.07, 6.45) is 4.14. The van der Waals surface area contributed by atoms with E-state index < -0.39 is 0 Å². The SMILES string of the molecule is C=CC(C)=C(CN)CCC. The lowest BCUT2D eigenvalue weighted by molar-refractivity contribution is 0.864. The fraction of sp³-hybridized carbons (Fsp3) is 0.556. The zero-order valence-electron chi connectivity index (χ0n) is 6.98. The van der Waals surface area contributed by atoms with Crippen LogP contribution in [-0.4, -0.2) is 6.54 Å². The number of hydrogen-bond acceptors (Lipinski definition) is 1. The Hall–Kier alpha value is -0.560. The largest absolute Gasteiger partial charge is 0.327 e. The van der Waals surface area contributed by atoms with Crippen molar-refractivity contribution in [3.05, 3.63) is 23.8 Å². The lowest BCUT2D eigenvalue weighted by Crippen LogP contribution is -2.04. The summed E-state index contributed by atoms with van der Waals surface area (Å²) in [7, 11) is 0. The van der Waals surface area contributed by atoms with Gasteiger partial charge in [0, 0.05) is 6.54 Å². The van der Waals surface area contributed by atoms with Gasteiger partial charge >= 0.3 is 0 Å². The molecule has 0 atom stereocenters. The molecule has 0 bridgehead atoms. The molecule has 0 fully saturated rings. The highest BCUT2D eigenvalue weighted by Crippen LogP contribution is 2.09. The molecule has 0 radical (unpaired) electrons. The third-order valence-corrected chi connectivity index (χ3v) is 1.66. The van der Waals surface area contributed by atoms with Crippen LogP contribution in [0.5, 0.6) is 0 Å². The number of hydrogen-bond donors (Lipinski definition) is 1. The van der Waals surface area contributed by atoms with Crippen LogP contribution in [0.25, 0.3) is 0 Å². The van der Waals surface area contributed by atoms with Gasteiger partial charge in [-0.15, -0.1) is 0 Å². The van der Waals surface area contributed by atoms with Gasteiger partial charge in [-0.3, -0.25) is 0 Å². The molecule has 0 rings (SSSR count). The molecule has 10 heavy (non-hydrogen) atoms. The first-order valence-electron chi connectivity index (χ1n) is 3.77. The lowest BCUT2D eigenvalue weighted by Gasteiger charge is -2.04. The Morgan fingerprint density at radius 1 is 1.60 bits per heavy atom. The first-order chi connectivity index (χ1) is 4.76. The molecule has 0 unspecified atom stereocenters. The average molecular weight is 139 g/mol. The second kappa shape index (κ2) is 5.24. The van der Waals surface area contributed by atoms with Gasteiger partial charge in [0.25, 0.3) is 0 Å². The normalized spacial score (nSPS) is 12.7. The molecule has 0 amide bonds. The topological polar surface area (TPSA) is 26.0 Å². The predicted octanol–water partition coefficient (Wildman–Crippen LogP) is 2.25. The number of rotatable bonds is 4. The van der Waals surface area contributed by atoms with Crippen LogP contribution in [0.3, 0.4) is 0 Å². The summed E-state index contributed by atoms with van der Waals surface area (Å²) >= 11 is 0. The van der Waals surface area contributed by atoms with Crippen molar-refractivity contribution >= 4 is 0 Å². The zero-order chi connectivity index (χ0) is 7.98. The van der Waals surface area contributed by atoms with Crippen LogP contribution in [0, 0.1) is 0 Å². The fourth-order valence-corrected chi connectivity index (χ4v) is 0.906. The molecule has 0 aromatic rings. The van der Waals surface area contributed by atoms with E-state index in [0.717, 1.165) is 12.8 Å². The summed E-state index contributed by atoms with van der Waals surface area (Å²) < 4.78 is 0. The third-order valence-electron chi connectivity index (χ3n) is 1.66. The summed E-state index contributed by atoms with van der Waals surface area (Å²) in [6.45, 7) is 8.59. The maximum absolute atomic E-state index is 5.53. The van der Waals surface area contributed by atoms with Crippen LogP contribution in [0.2, 0.25) is 0 Å². The van der Waals surface area contributed by atoms with E-state index in [4.69, 9.17) is 5.73 Å². The molecule has 58 valence electrons. The fourth-order valence-electron chi connectivity index (χ4n) is 0.906. The summed E-state index contributed by atoms with van der Waals surface area (Å²) in [5.74, 6) is 0. The lowest BCUT2D eigenvalue weighted by atomic mass is 10.1. The van der Waals surface area contributed by atoms with E-state index in [1.807, 2.05) is 6.08 Å². The Morgan fingerprint density at radius 3 is 2.50 bits per heavy atom. The van der Waals surface area contributed by atoms with Gasteiger partial charge in [0.05, 0.1) is 0 Å². The van der Waals surface area contributed by atoms with Gasteiger partial charge < -0.3 is 5.73 Å². The molecule has 1 nitrogen and oxygen atoms in total. The van der Waals surface area contributed by atoms with Gasteiger partial charge in [-0.1, -0.05) is 37.1 Å². The van der Waals surface area contributed by atoms with E-state index in [2.05, 4.69) is 20.4 Å². The molecule has 0 aliphatic carbocycles. The summed E-state index contributed by atoms with van der Waals surface area (Å²) in [6, 6.07) is 0. The summed E-state index contributed by atoms with van der Waals surface area (Å²) in [5, 5.41) is 0. The Bertz CT molecular complexity index is 134. The maximum atomic E-state index is 5.53. The quantitative estimate of drug-likeness (QED) is 0.594. The van der Waals surface area contributed by atoms with Crippen molar-refractivity contribution in [2.45, 2.75) is 26.7 Å². The van der Waals surface area contributed by atoms with Gasteiger partial charge in [-0.05, 0) is 13.3 Å². The molecule has 0 saturated carbocycles. The second-order valence-electron chi connectivity index (χ2n) is 2.44. The molecule has 0 heterocycles. The minimum atomic E-state index is 0.672. The van der Waals surface area contributed by atoms with Crippen LogP contribution in [-0.2, 0) is 0 Å². The van der Waals surface area contributed by atoms with E-state index in [9.17, 15) is 0 Å². The van der Waals surface area contributed by atoms with Gasteiger partial charge in [0.1, 0.15) is 0 Å². The standard InChI is InChI=1S/C9H17N/c1-4-6-9(7-10)8(3)5-2/h5H,2,4,6-7,10H2,1,3H3. The van der Waals surface area contributed by atoms with Crippen LogP contribution in [0.1, 0.15) is 26.7 Å². The minimum Gasteiger partial charge on any atom is -0.327 e. The maximum Gasteiger partial charge on any atom is 0.0142 e. The zero-order valence-corrected chi connectivity index (χ0v) is 6.98. The van der Waals surface area contributed by atoms with Gasteiger partial charge in [0.2, 0.25) is 0 Å². The van der Waals surface area contributed by atoms with Gasteiger partial charge in [0.15, 0.2) is 0 Å². The van der Waals surface area contributed by atoms with Crippen molar-refractivity contribution < 1.29 is 0 Å². The minimum absolute atomic E-state index is 0.672. The molecule has 1 heteroatoms. The molecule has 0 aromatic carbocycles. The average Bonchev–Trinajstić information content (AvgIpc) is 1.99. The van der Waals surface area contributed by atoms with Gasteiger partial charge in [-0.2, -0.15) is 0 Å². The number of allylic oxidation sites excluding steroid dienone is 2. The van der Waals surface area contributed by atoms with E-state index in [0.29, 0.717) is 6.54 Å². The first kappa shape index (κ1) is 9.44. The van der Waals surface area contributed by atoms with Crippen molar-refractivity contribution in [2.24, 2.45) is 5.73 Å². The highest BCUT2D eigenvalue weighted by Gasteiger charge is 1.94. The smallest absolute Gasteiger partial charge is 0.0142 e. The monoisotopic (exact) mass is 139 g/mol. The van der Waals surface area contributed by atoms with Crippen LogP contribution < -0.4 is 5.73 Å². The van der Waals surface area contributed by atoms with E-state index in [1.54, 1.807) is 0 Å². The Morgan fingerprint density at radius 2 is 2.20 bits per heavy atom. The number of nitrogens with two attached hydrogens (primary N) is 1. The summed E-state index contributed by atoms with van der Waals surface area (Å²) in [4.78, 5) is 0. The molecule has 0 spiro atoms. The van der Waals surface area contributed by atoms with Crippen molar-refractivity contribution in [3.63, 3.8) is 0 Å². The Balaban J connectivity index is 4.13.